The Morgan fingerprint density at radius 1 is 1.19 bits per heavy atom. The van der Waals surface area contributed by atoms with Crippen LogP contribution in [-0.4, -0.2) is 52.9 Å². The fraction of sp³-hybridized carbons (Fsp3) is 0.333. The quantitative estimate of drug-likeness (QED) is 0.773. The molecule has 5 nitrogen and oxygen atoms in total. The normalized spacial score (nSPS) is 18.1. The highest BCUT2D eigenvalue weighted by molar-refractivity contribution is 8.00. The largest absolute Gasteiger partial charge is 0.480 e. The average molecular weight is 385 g/mol. The molecule has 1 N–H and O–H groups in total. The zero-order valence-corrected chi connectivity index (χ0v) is 16.0. The average Bonchev–Trinajstić information content (AvgIpc) is 2.69. The summed E-state index contributed by atoms with van der Waals surface area (Å²) in [7, 11) is 0. The standard InChI is InChI=1S/C21H23NO4S/c1-15(21(24)25)27-19-10-6-5-9-18(19)20(23)22-11-12-26-17(14-22)13-16-7-3-2-4-8-16/h2-10,15,17H,11-14H2,1H3,(H,24,25). The van der Waals surface area contributed by atoms with E-state index in [0.29, 0.717) is 30.2 Å². The second-order valence-electron chi connectivity index (χ2n) is 6.53. The molecule has 1 saturated heterocycles. The number of carboxylic acids is 1. The molecule has 2 atom stereocenters. The summed E-state index contributed by atoms with van der Waals surface area (Å²) < 4.78 is 5.85. The van der Waals surface area contributed by atoms with Crippen molar-refractivity contribution in [1.29, 1.82) is 0 Å². The van der Waals surface area contributed by atoms with Crippen molar-refractivity contribution in [3.05, 3.63) is 65.7 Å². The van der Waals surface area contributed by atoms with Crippen molar-refractivity contribution in [2.75, 3.05) is 19.7 Å². The Morgan fingerprint density at radius 3 is 2.63 bits per heavy atom. The summed E-state index contributed by atoms with van der Waals surface area (Å²) >= 11 is 1.20. The van der Waals surface area contributed by atoms with Crippen LogP contribution in [0.3, 0.4) is 0 Å². The second-order valence-corrected chi connectivity index (χ2v) is 7.91. The van der Waals surface area contributed by atoms with E-state index >= 15 is 0 Å². The molecule has 0 spiro atoms. The first kappa shape index (κ1) is 19.5. The molecular weight excluding hydrogens is 362 g/mol. The molecule has 1 amide bonds. The summed E-state index contributed by atoms with van der Waals surface area (Å²) in [6.45, 7) is 3.20. The highest BCUT2D eigenvalue weighted by Crippen LogP contribution is 2.28. The van der Waals surface area contributed by atoms with Gasteiger partial charge in [-0.2, -0.15) is 0 Å². The molecule has 3 rings (SSSR count). The van der Waals surface area contributed by atoms with Gasteiger partial charge in [0.25, 0.3) is 5.91 Å². The third-order valence-corrected chi connectivity index (χ3v) is 5.67. The molecule has 2 aromatic rings. The molecule has 142 valence electrons. The minimum absolute atomic E-state index is 0.0390. The van der Waals surface area contributed by atoms with Crippen LogP contribution in [0.5, 0.6) is 0 Å². The first-order valence-corrected chi connectivity index (χ1v) is 9.86. The van der Waals surface area contributed by atoms with Crippen LogP contribution >= 0.6 is 11.8 Å². The maximum Gasteiger partial charge on any atom is 0.316 e. The van der Waals surface area contributed by atoms with Gasteiger partial charge in [0.2, 0.25) is 0 Å². The Hall–Kier alpha value is -2.31. The number of carbonyl (C=O) groups excluding carboxylic acids is 1. The summed E-state index contributed by atoms with van der Waals surface area (Å²) in [5, 5.41) is 8.55. The van der Waals surface area contributed by atoms with Gasteiger partial charge in [-0.1, -0.05) is 42.5 Å². The molecule has 1 heterocycles. The van der Waals surface area contributed by atoms with Crippen molar-refractivity contribution in [2.45, 2.75) is 29.6 Å². The van der Waals surface area contributed by atoms with E-state index in [-0.39, 0.29) is 12.0 Å². The number of amides is 1. The van der Waals surface area contributed by atoms with Crippen molar-refractivity contribution in [2.24, 2.45) is 0 Å². The topological polar surface area (TPSA) is 66.8 Å². The molecule has 1 aliphatic rings. The van der Waals surface area contributed by atoms with E-state index in [0.717, 1.165) is 6.42 Å². The van der Waals surface area contributed by atoms with Gasteiger partial charge in [-0.25, -0.2) is 0 Å². The van der Waals surface area contributed by atoms with Crippen LogP contribution in [0, 0.1) is 0 Å². The predicted molar refractivity (Wildman–Crippen MR) is 105 cm³/mol. The van der Waals surface area contributed by atoms with Gasteiger partial charge in [-0.15, -0.1) is 11.8 Å². The molecule has 0 radical (unpaired) electrons. The van der Waals surface area contributed by atoms with Crippen LogP contribution in [0.4, 0.5) is 0 Å². The van der Waals surface area contributed by atoms with Crippen LogP contribution in [0.25, 0.3) is 0 Å². The minimum Gasteiger partial charge on any atom is -0.480 e. The lowest BCUT2D eigenvalue weighted by atomic mass is 10.1. The highest BCUT2D eigenvalue weighted by Gasteiger charge is 2.27. The van der Waals surface area contributed by atoms with Crippen molar-refractivity contribution in [1.82, 2.24) is 4.90 Å². The molecular formula is C21H23NO4S. The second kappa shape index (κ2) is 9.06. The monoisotopic (exact) mass is 385 g/mol. The molecule has 2 unspecified atom stereocenters. The Balaban J connectivity index is 1.71. The molecule has 1 aliphatic heterocycles. The Kier molecular flexibility index (Phi) is 6.53. The Morgan fingerprint density at radius 2 is 1.89 bits per heavy atom. The van der Waals surface area contributed by atoms with E-state index in [4.69, 9.17) is 9.84 Å². The van der Waals surface area contributed by atoms with E-state index in [2.05, 4.69) is 12.1 Å². The molecule has 6 heteroatoms. The van der Waals surface area contributed by atoms with Crippen molar-refractivity contribution < 1.29 is 19.4 Å². The molecule has 0 saturated carbocycles. The van der Waals surface area contributed by atoms with Crippen molar-refractivity contribution in [3.63, 3.8) is 0 Å². The van der Waals surface area contributed by atoms with Gasteiger partial charge in [0.15, 0.2) is 0 Å². The van der Waals surface area contributed by atoms with Crippen LogP contribution in [0.15, 0.2) is 59.5 Å². The maximum absolute atomic E-state index is 13.1. The van der Waals surface area contributed by atoms with E-state index < -0.39 is 11.2 Å². The van der Waals surface area contributed by atoms with Crippen molar-refractivity contribution >= 4 is 23.6 Å². The Bertz CT molecular complexity index is 796. The lowest BCUT2D eigenvalue weighted by molar-refractivity contribution is -0.136. The molecule has 0 bridgehead atoms. The first-order chi connectivity index (χ1) is 13.0. The Labute approximate surface area is 163 Å². The van der Waals surface area contributed by atoms with E-state index in [1.54, 1.807) is 19.1 Å². The smallest absolute Gasteiger partial charge is 0.316 e. The number of carbonyl (C=O) groups is 2. The number of morpholine rings is 1. The highest BCUT2D eigenvalue weighted by atomic mass is 32.2. The first-order valence-electron chi connectivity index (χ1n) is 8.98. The summed E-state index contributed by atoms with van der Waals surface area (Å²) in [5.74, 6) is -0.964. The zero-order chi connectivity index (χ0) is 19.2. The number of nitrogens with zero attached hydrogens (tertiary/aromatic N) is 1. The molecule has 2 aromatic carbocycles. The third kappa shape index (κ3) is 5.11. The molecule has 1 fully saturated rings. The number of rotatable bonds is 6. The van der Waals surface area contributed by atoms with Crippen LogP contribution in [-0.2, 0) is 16.0 Å². The SMILES string of the molecule is CC(Sc1ccccc1C(=O)N1CCOC(Cc2ccccc2)C1)C(=O)O. The summed E-state index contributed by atoms with van der Waals surface area (Å²) in [4.78, 5) is 26.8. The number of thioether (sulfide) groups is 1. The third-order valence-electron chi connectivity index (χ3n) is 4.50. The summed E-state index contributed by atoms with van der Waals surface area (Å²) in [6, 6.07) is 17.3. The maximum atomic E-state index is 13.1. The van der Waals surface area contributed by atoms with Gasteiger partial charge >= 0.3 is 5.97 Å². The van der Waals surface area contributed by atoms with Gasteiger partial charge in [0.1, 0.15) is 5.25 Å². The van der Waals surface area contributed by atoms with Crippen molar-refractivity contribution in [3.8, 4) is 0 Å². The fourth-order valence-corrected chi connectivity index (χ4v) is 3.98. The fourth-order valence-electron chi connectivity index (χ4n) is 3.06. The number of hydrogen-bond acceptors (Lipinski definition) is 4. The lowest BCUT2D eigenvalue weighted by Gasteiger charge is -2.33. The van der Waals surface area contributed by atoms with E-state index in [1.165, 1.54) is 17.3 Å². The molecule has 27 heavy (non-hydrogen) atoms. The summed E-state index contributed by atoms with van der Waals surface area (Å²) in [6.07, 6.45) is 0.722. The lowest BCUT2D eigenvalue weighted by Crippen LogP contribution is -2.46. The van der Waals surface area contributed by atoms with Crippen LogP contribution < -0.4 is 0 Å². The van der Waals surface area contributed by atoms with Crippen LogP contribution in [0.2, 0.25) is 0 Å². The van der Waals surface area contributed by atoms with E-state index in [1.807, 2.05) is 35.2 Å². The van der Waals surface area contributed by atoms with E-state index in [9.17, 15) is 9.59 Å². The number of aliphatic carboxylic acids is 1. The summed E-state index contributed by atoms with van der Waals surface area (Å²) in [5.41, 5.74) is 1.74. The number of benzene rings is 2. The van der Waals surface area contributed by atoms with Crippen LogP contribution in [0.1, 0.15) is 22.8 Å². The number of ether oxygens (including phenoxy) is 1. The van der Waals surface area contributed by atoms with Gasteiger partial charge in [0.05, 0.1) is 18.3 Å². The van der Waals surface area contributed by atoms with Gasteiger partial charge < -0.3 is 14.7 Å². The molecule has 0 aromatic heterocycles. The number of carboxylic acid groups (broad SMARTS) is 1. The minimum atomic E-state index is -0.892. The zero-order valence-electron chi connectivity index (χ0n) is 15.2. The van der Waals surface area contributed by atoms with Gasteiger partial charge in [-0.05, 0) is 24.6 Å². The molecule has 0 aliphatic carbocycles. The number of hydrogen-bond donors (Lipinski definition) is 1. The van der Waals surface area contributed by atoms with Gasteiger partial charge in [0, 0.05) is 24.4 Å². The predicted octanol–water partition coefficient (Wildman–Crippen LogP) is 3.34. The van der Waals surface area contributed by atoms with Gasteiger partial charge in [-0.3, -0.25) is 9.59 Å².